The molecular weight excluding hydrogens is 388 g/mol. The van der Waals surface area contributed by atoms with Crippen molar-refractivity contribution in [3.8, 4) is 11.5 Å². The van der Waals surface area contributed by atoms with Crippen molar-refractivity contribution in [1.29, 1.82) is 0 Å². The molecule has 3 aromatic rings. The van der Waals surface area contributed by atoms with Gasteiger partial charge in [0, 0.05) is 23.0 Å². The average molecular weight is 415 g/mol. The number of fused-ring (bicyclic) bond motifs is 1. The molecule has 0 aliphatic carbocycles. The minimum Gasteiger partial charge on any atom is -0.493 e. The van der Waals surface area contributed by atoms with E-state index in [-0.39, 0.29) is 12.3 Å². The van der Waals surface area contributed by atoms with Gasteiger partial charge in [0.05, 0.1) is 13.2 Å². The molecule has 5 nitrogen and oxygen atoms in total. The number of hydrogen-bond acceptors (Lipinski definition) is 5. The van der Waals surface area contributed by atoms with Crippen LogP contribution in [-0.2, 0) is 0 Å². The highest BCUT2D eigenvalue weighted by Gasteiger charge is 2.34. The third kappa shape index (κ3) is 4.21. The first-order valence-electron chi connectivity index (χ1n) is 10.3. The van der Waals surface area contributed by atoms with E-state index in [9.17, 15) is 0 Å². The second-order valence-electron chi connectivity index (χ2n) is 7.47. The predicted molar refractivity (Wildman–Crippen MR) is 115 cm³/mol. The van der Waals surface area contributed by atoms with Crippen molar-refractivity contribution in [2.75, 3.05) is 13.7 Å². The molecule has 2 unspecified atom stereocenters. The third-order valence-corrected chi connectivity index (χ3v) is 5.79. The molecule has 4 rings (SSSR count). The molecule has 6 heteroatoms. The number of para-hydroxylation sites is 2. The molecule has 0 radical (unpaired) electrons. The second-order valence-corrected chi connectivity index (χ2v) is 7.91. The van der Waals surface area contributed by atoms with Gasteiger partial charge < -0.3 is 14.0 Å². The van der Waals surface area contributed by atoms with Gasteiger partial charge in [0.2, 0.25) is 0 Å². The molecule has 0 N–H and O–H groups in total. The lowest BCUT2D eigenvalue weighted by Gasteiger charge is -2.40. The SMILES string of the molecule is CCCC(Oc1ccccc1OC)N1CCCCC1c1noc2cc(Cl)ccc12. The Balaban J connectivity index is 1.66. The van der Waals surface area contributed by atoms with Crippen LogP contribution < -0.4 is 9.47 Å². The van der Waals surface area contributed by atoms with Crippen LogP contribution in [0, 0.1) is 0 Å². The van der Waals surface area contributed by atoms with Crippen LogP contribution in [0.5, 0.6) is 11.5 Å². The van der Waals surface area contributed by atoms with Gasteiger partial charge in [-0.2, -0.15) is 0 Å². The molecule has 2 aromatic carbocycles. The van der Waals surface area contributed by atoms with E-state index in [1.54, 1.807) is 7.11 Å². The van der Waals surface area contributed by atoms with E-state index in [2.05, 4.69) is 17.0 Å². The number of rotatable bonds is 7. The van der Waals surface area contributed by atoms with Gasteiger partial charge in [-0.3, -0.25) is 4.90 Å². The van der Waals surface area contributed by atoms with Crippen LogP contribution in [0.15, 0.2) is 47.0 Å². The normalized spacial score (nSPS) is 18.7. The third-order valence-electron chi connectivity index (χ3n) is 5.56. The number of halogens is 1. The number of hydrogen-bond donors (Lipinski definition) is 0. The summed E-state index contributed by atoms with van der Waals surface area (Å²) in [6.45, 7) is 3.15. The molecule has 1 aliphatic rings. The average Bonchev–Trinajstić information content (AvgIpc) is 3.16. The summed E-state index contributed by atoms with van der Waals surface area (Å²) in [6, 6.07) is 13.7. The Labute approximate surface area is 176 Å². The summed E-state index contributed by atoms with van der Waals surface area (Å²) in [7, 11) is 1.67. The fourth-order valence-electron chi connectivity index (χ4n) is 4.17. The highest BCUT2D eigenvalue weighted by Crippen LogP contribution is 2.38. The largest absolute Gasteiger partial charge is 0.493 e. The summed E-state index contributed by atoms with van der Waals surface area (Å²) in [6.07, 6.45) is 5.24. The lowest BCUT2D eigenvalue weighted by Crippen LogP contribution is -2.44. The van der Waals surface area contributed by atoms with Gasteiger partial charge in [-0.15, -0.1) is 0 Å². The van der Waals surface area contributed by atoms with Crippen molar-refractivity contribution < 1.29 is 14.0 Å². The highest BCUT2D eigenvalue weighted by molar-refractivity contribution is 6.31. The zero-order valence-corrected chi connectivity index (χ0v) is 17.7. The van der Waals surface area contributed by atoms with E-state index >= 15 is 0 Å². The van der Waals surface area contributed by atoms with Gasteiger partial charge in [0.25, 0.3) is 0 Å². The van der Waals surface area contributed by atoms with Crippen molar-refractivity contribution in [3.05, 3.63) is 53.2 Å². The molecule has 154 valence electrons. The lowest BCUT2D eigenvalue weighted by atomic mass is 9.96. The molecule has 1 aromatic heterocycles. The van der Waals surface area contributed by atoms with Crippen molar-refractivity contribution in [2.45, 2.75) is 51.3 Å². The predicted octanol–water partition coefficient (Wildman–Crippen LogP) is 6.22. The maximum absolute atomic E-state index is 6.50. The minimum atomic E-state index is -0.0550. The summed E-state index contributed by atoms with van der Waals surface area (Å²) in [5.41, 5.74) is 1.71. The maximum atomic E-state index is 6.50. The van der Waals surface area contributed by atoms with Crippen molar-refractivity contribution >= 4 is 22.6 Å². The number of ether oxygens (including phenoxy) is 2. The molecule has 1 saturated heterocycles. The lowest BCUT2D eigenvalue weighted by molar-refractivity contribution is -0.0320. The molecule has 0 spiro atoms. The van der Waals surface area contributed by atoms with Crippen molar-refractivity contribution in [1.82, 2.24) is 10.1 Å². The van der Waals surface area contributed by atoms with Gasteiger partial charge >= 0.3 is 0 Å². The summed E-state index contributed by atoms with van der Waals surface area (Å²) in [5, 5.41) is 6.12. The van der Waals surface area contributed by atoms with Crippen LogP contribution in [-0.4, -0.2) is 29.9 Å². The molecule has 29 heavy (non-hydrogen) atoms. The number of benzene rings is 2. The van der Waals surface area contributed by atoms with Crippen molar-refractivity contribution in [3.63, 3.8) is 0 Å². The van der Waals surface area contributed by atoms with Crippen molar-refractivity contribution in [2.24, 2.45) is 0 Å². The standard InChI is InChI=1S/C23H27ClN2O3/c1-3-8-22(28-20-11-5-4-10-19(20)27-2)26-14-7-6-9-18(26)23-17-13-12-16(24)15-21(17)29-25-23/h4-5,10-13,15,18,22H,3,6-9,14H2,1-2H3. The summed E-state index contributed by atoms with van der Waals surface area (Å²) >= 11 is 6.12. The van der Waals surface area contributed by atoms with Crippen LogP contribution in [0.3, 0.4) is 0 Å². The minimum absolute atomic E-state index is 0.0550. The molecule has 0 saturated carbocycles. The number of methoxy groups -OCH3 is 1. The van der Waals surface area contributed by atoms with Gasteiger partial charge in [0.15, 0.2) is 23.3 Å². The van der Waals surface area contributed by atoms with E-state index in [0.29, 0.717) is 5.02 Å². The Morgan fingerprint density at radius 2 is 2.03 bits per heavy atom. The van der Waals surface area contributed by atoms with E-state index < -0.39 is 0 Å². The summed E-state index contributed by atoms with van der Waals surface area (Å²) < 4.78 is 17.6. The number of likely N-dealkylation sites (tertiary alicyclic amines) is 1. The van der Waals surface area contributed by atoms with Crippen LogP contribution in [0.2, 0.25) is 5.02 Å². The Morgan fingerprint density at radius 3 is 2.83 bits per heavy atom. The molecule has 2 heterocycles. The molecule has 1 fully saturated rings. The first kappa shape index (κ1) is 20.0. The van der Waals surface area contributed by atoms with Gasteiger partial charge in [0.1, 0.15) is 5.69 Å². The van der Waals surface area contributed by atoms with E-state index in [0.717, 1.165) is 66.8 Å². The fourth-order valence-corrected chi connectivity index (χ4v) is 4.33. The zero-order valence-electron chi connectivity index (χ0n) is 16.9. The first-order chi connectivity index (χ1) is 14.2. The van der Waals surface area contributed by atoms with Gasteiger partial charge in [-0.05, 0) is 43.5 Å². The Morgan fingerprint density at radius 1 is 1.21 bits per heavy atom. The Hall–Kier alpha value is -2.24. The molecule has 0 bridgehead atoms. The Kier molecular flexibility index (Phi) is 6.26. The Bertz CT molecular complexity index is 958. The smallest absolute Gasteiger partial charge is 0.168 e. The van der Waals surface area contributed by atoms with E-state index in [1.807, 2.05) is 42.5 Å². The van der Waals surface area contributed by atoms with E-state index in [4.69, 9.17) is 25.6 Å². The van der Waals surface area contributed by atoms with E-state index in [1.165, 1.54) is 0 Å². The molecule has 1 aliphatic heterocycles. The monoisotopic (exact) mass is 414 g/mol. The first-order valence-corrected chi connectivity index (χ1v) is 10.7. The maximum Gasteiger partial charge on any atom is 0.168 e. The van der Waals surface area contributed by atoms with Gasteiger partial charge in [-0.25, -0.2) is 0 Å². The van der Waals surface area contributed by atoms with Gasteiger partial charge in [-0.1, -0.05) is 48.7 Å². The number of nitrogens with zero attached hydrogens (tertiary/aromatic N) is 2. The number of aromatic nitrogens is 1. The molecule has 2 atom stereocenters. The summed E-state index contributed by atoms with van der Waals surface area (Å²) in [5.74, 6) is 1.53. The molecule has 0 amide bonds. The zero-order chi connectivity index (χ0) is 20.2. The van der Waals surface area contributed by atoms with Crippen LogP contribution in [0.25, 0.3) is 11.0 Å². The fraction of sp³-hybridized carbons (Fsp3) is 0.435. The molecular formula is C23H27ClN2O3. The highest BCUT2D eigenvalue weighted by atomic mass is 35.5. The van der Waals surface area contributed by atoms with Crippen LogP contribution in [0.1, 0.15) is 50.8 Å². The summed E-state index contributed by atoms with van der Waals surface area (Å²) in [4.78, 5) is 2.44. The quantitative estimate of drug-likeness (QED) is 0.459. The number of piperidine rings is 1. The topological polar surface area (TPSA) is 47.7 Å². The second kappa shape index (κ2) is 9.06. The van der Waals surface area contributed by atoms with Crippen LogP contribution in [0.4, 0.5) is 0 Å². The van der Waals surface area contributed by atoms with Crippen LogP contribution >= 0.6 is 11.6 Å².